The standard InChI is InChI=1S/C17H19FN4O2/c1-20-9-8-19-17(20)21(2)16(24)12-6-7-15(23)22(11-12)14-5-3-4-13(18)10-14/h3-5,8-10,12H,6-7,11H2,1-2H3. The average Bonchev–Trinajstić information content (AvgIpc) is 3.00. The molecule has 2 heterocycles. The predicted octanol–water partition coefficient (Wildman–Crippen LogP) is 1.97. The molecule has 0 bridgehead atoms. The van der Waals surface area contributed by atoms with Crippen molar-refractivity contribution in [2.45, 2.75) is 12.8 Å². The monoisotopic (exact) mass is 330 g/mol. The predicted molar refractivity (Wildman–Crippen MR) is 88.1 cm³/mol. The van der Waals surface area contributed by atoms with Gasteiger partial charge in [-0.15, -0.1) is 0 Å². The first-order valence-electron chi connectivity index (χ1n) is 7.78. The second-order valence-electron chi connectivity index (χ2n) is 5.96. The number of halogens is 1. The van der Waals surface area contributed by atoms with Gasteiger partial charge in [-0.3, -0.25) is 14.5 Å². The fourth-order valence-electron chi connectivity index (χ4n) is 2.99. The topological polar surface area (TPSA) is 58.4 Å². The summed E-state index contributed by atoms with van der Waals surface area (Å²) in [5.41, 5.74) is 0.483. The van der Waals surface area contributed by atoms with Gasteiger partial charge in [-0.1, -0.05) is 6.07 Å². The number of hydrogen-bond acceptors (Lipinski definition) is 3. The third-order valence-corrected chi connectivity index (χ3v) is 4.31. The molecule has 126 valence electrons. The van der Waals surface area contributed by atoms with E-state index in [1.807, 2.05) is 7.05 Å². The number of aryl methyl sites for hydroxylation is 1. The Kier molecular flexibility index (Phi) is 4.33. The molecule has 0 N–H and O–H groups in total. The van der Waals surface area contributed by atoms with Crippen LogP contribution in [0.15, 0.2) is 36.7 Å². The number of anilines is 2. The van der Waals surface area contributed by atoms with Gasteiger partial charge in [0.15, 0.2) is 0 Å². The zero-order valence-corrected chi connectivity index (χ0v) is 13.6. The van der Waals surface area contributed by atoms with Crippen LogP contribution in [0.4, 0.5) is 16.0 Å². The van der Waals surface area contributed by atoms with Gasteiger partial charge in [-0.05, 0) is 24.6 Å². The minimum atomic E-state index is -0.404. The molecule has 2 aromatic rings. The highest BCUT2D eigenvalue weighted by molar-refractivity contribution is 5.99. The Morgan fingerprint density at radius 2 is 2.21 bits per heavy atom. The molecule has 1 aliphatic heterocycles. The highest BCUT2D eigenvalue weighted by atomic mass is 19.1. The maximum atomic E-state index is 13.4. The molecule has 1 aromatic carbocycles. The van der Waals surface area contributed by atoms with Gasteiger partial charge in [-0.25, -0.2) is 9.37 Å². The molecule has 1 fully saturated rings. The van der Waals surface area contributed by atoms with Crippen LogP contribution in [-0.4, -0.2) is 35.0 Å². The van der Waals surface area contributed by atoms with Crippen molar-refractivity contribution in [3.63, 3.8) is 0 Å². The maximum absolute atomic E-state index is 13.4. The van der Waals surface area contributed by atoms with Crippen molar-refractivity contribution in [2.75, 3.05) is 23.4 Å². The Bertz CT molecular complexity index is 773. The first-order valence-corrected chi connectivity index (χ1v) is 7.78. The van der Waals surface area contributed by atoms with Gasteiger partial charge in [0.05, 0.1) is 5.92 Å². The van der Waals surface area contributed by atoms with Crippen LogP contribution >= 0.6 is 0 Å². The molecule has 1 aliphatic rings. The summed E-state index contributed by atoms with van der Waals surface area (Å²) in [6, 6.07) is 5.88. The first-order chi connectivity index (χ1) is 11.5. The minimum Gasteiger partial charge on any atom is -0.320 e. The van der Waals surface area contributed by atoms with Crippen LogP contribution in [0.2, 0.25) is 0 Å². The second-order valence-corrected chi connectivity index (χ2v) is 5.96. The molecule has 1 atom stereocenters. The van der Waals surface area contributed by atoms with E-state index in [2.05, 4.69) is 4.98 Å². The van der Waals surface area contributed by atoms with Crippen molar-refractivity contribution in [3.8, 4) is 0 Å². The van der Waals surface area contributed by atoms with Gasteiger partial charge in [0.1, 0.15) is 5.82 Å². The van der Waals surface area contributed by atoms with Crippen LogP contribution in [0.3, 0.4) is 0 Å². The Hall–Kier alpha value is -2.70. The van der Waals surface area contributed by atoms with Crippen LogP contribution in [0, 0.1) is 11.7 Å². The van der Waals surface area contributed by atoms with Crippen LogP contribution in [-0.2, 0) is 16.6 Å². The fraction of sp³-hybridized carbons (Fsp3) is 0.353. The largest absolute Gasteiger partial charge is 0.320 e. The van der Waals surface area contributed by atoms with Gasteiger partial charge in [0.2, 0.25) is 17.8 Å². The Balaban J connectivity index is 1.79. The van der Waals surface area contributed by atoms with E-state index in [1.165, 1.54) is 21.9 Å². The lowest BCUT2D eigenvalue weighted by molar-refractivity contribution is -0.125. The van der Waals surface area contributed by atoms with Gasteiger partial charge in [-0.2, -0.15) is 0 Å². The van der Waals surface area contributed by atoms with E-state index in [1.54, 1.807) is 36.1 Å². The summed E-state index contributed by atoms with van der Waals surface area (Å²) in [7, 11) is 3.49. The maximum Gasteiger partial charge on any atom is 0.233 e. The Labute approximate surface area is 139 Å². The summed E-state index contributed by atoms with van der Waals surface area (Å²) in [5, 5.41) is 0. The van der Waals surface area contributed by atoms with E-state index in [0.29, 0.717) is 18.1 Å². The molecule has 0 aliphatic carbocycles. The average molecular weight is 330 g/mol. The number of hydrogen-bond donors (Lipinski definition) is 0. The SMILES string of the molecule is CN(C(=O)C1CCC(=O)N(c2cccc(F)c2)C1)c1nccn1C. The number of piperidine rings is 1. The minimum absolute atomic E-state index is 0.0932. The number of carbonyl (C=O) groups is 2. The number of imidazole rings is 1. The molecule has 0 radical (unpaired) electrons. The van der Waals surface area contributed by atoms with Crippen molar-refractivity contribution >= 4 is 23.5 Å². The number of rotatable bonds is 3. The number of benzene rings is 1. The highest BCUT2D eigenvalue weighted by Crippen LogP contribution is 2.26. The summed E-state index contributed by atoms with van der Waals surface area (Å²) < 4.78 is 15.2. The van der Waals surface area contributed by atoms with E-state index < -0.39 is 5.82 Å². The van der Waals surface area contributed by atoms with Crippen molar-refractivity contribution in [3.05, 3.63) is 42.5 Å². The van der Waals surface area contributed by atoms with Crippen LogP contribution in [0.1, 0.15) is 12.8 Å². The molecule has 1 saturated heterocycles. The molecule has 0 saturated carbocycles. The summed E-state index contributed by atoms with van der Waals surface area (Å²) in [5.74, 6) is -0.386. The first kappa shape index (κ1) is 16.2. The normalized spacial score (nSPS) is 17.9. The summed E-state index contributed by atoms with van der Waals surface area (Å²) in [4.78, 5) is 32.1. The molecule has 1 unspecified atom stereocenters. The number of amides is 2. The summed E-state index contributed by atoms with van der Waals surface area (Å²) >= 11 is 0. The zero-order valence-electron chi connectivity index (χ0n) is 13.6. The molecule has 2 amide bonds. The molecule has 6 nitrogen and oxygen atoms in total. The van der Waals surface area contributed by atoms with Crippen molar-refractivity contribution in [2.24, 2.45) is 13.0 Å². The molecule has 24 heavy (non-hydrogen) atoms. The smallest absolute Gasteiger partial charge is 0.233 e. The molecular formula is C17H19FN4O2. The van der Waals surface area contributed by atoms with E-state index in [4.69, 9.17) is 0 Å². The number of aromatic nitrogens is 2. The lowest BCUT2D eigenvalue weighted by Crippen LogP contribution is -2.46. The third-order valence-electron chi connectivity index (χ3n) is 4.31. The Morgan fingerprint density at radius 3 is 2.88 bits per heavy atom. The lowest BCUT2D eigenvalue weighted by atomic mass is 9.95. The highest BCUT2D eigenvalue weighted by Gasteiger charge is 2.33. The van der Waals surface area contributed by atoms with Crippen molar-refractivity contribution in [1.29, 1.82) is 0 Å². The van der Waals surface area contributed by atoms with Crippen LogP contribution < -0.4 is 9.80 Å². The number of carbonyl (C=O) groups excluding carboxylic acids is 2. The molecule has 7 heteroatoms. The molecular weight excluding hydrogens is 311 g/mol. The van der Waals surface area contributed by atoms with Gasteiger partial charge in [0.25, 0.3) is 0 Å². The van der Waals surface area contributed by atoms with Gasteiger partial charge < -0.3 is 9.47 Å². The molecule has 0 spiro atoms. The summed E-state index contributed by atoms with van der Waals surface area (Å²) in [6.07, 6.45) is 4.14. The number of nitrogens with zero attached hydrogens (tertiary/aromatic N) is 4. The van der Waals surface area contributed by atoms with E-state index >= 15 is 0 Å². The lowest BCUT2D eigenvalue weighted by Gasteiger charge is -2.33. The van der Waals surface area contributed by atoms with E-state index in [0.717, 1.165) is 0 Å². The quantitative estimate of drug-likeness (QED) is 0.864. The van der Waals surface area contributed by atoms with Gasteiger partial charge in [0, 0.05) is 45.1 Å². The van der Waals surface area contributed by atoms with E-state index in [-0.39, 0.29) is 30.7 Å². The molecule has 3 rings (SSSR count). The third kappa shape index (κ3) is 3.02. The van der Waals surface area contributed by atoms with Crippen molar-refractivity contribution in [1.82, 2.24) is 9.55 Å². The van der Waals surface area contributed by atoms with Gasteiger partial charge >= 0.3 is 0 Å². The fourth-order valence-corrected chi connectivity index (χ4v) is 2.99. The molecule has 1 aromatic heterocycles. The second kappa shape index (κ2) is 6.43. The van der Waals surface area contributed by atoms with Crippen LogP contribution in [0.5, 0.6) is 0 Å². The van der Waals surface area contributed by atoms with E-state index in [9.17, 15) is 14.0 Å². The Morgan fingerprint density at radius 1 is 1.42 bits per heavy atom. The van der Waals surface area contributed by atoms with Crippen LogP contribution in [0.25, 0.3) is 0 Å². The van der Waals surface area contributed by atoms with Crippen molar-refractivity contribution < 1.29 is 14.0 Å². The summed E-state index contributed by atoms with van der Waals surface area (Å²) in [6.45, 7) is 0.246. The zero-order chi connectivity index (χ0) is 17.3.